The molecule has 0 saturated heterocycles. The third-order valence-corrected chi connectivity index (χ3v) is 4.79. The van der Waals surface area contributed by atoms with E-state index in [0.29, 0.717) is 23.0 Å². The van der Waals surface area contributed by atoms with E-state index in [9.17, 15) is 14.4 Å². The number of fused-ring (bicyclic) bond motifs is 1. The number of rotatable bonds is 7. The van der Waals surface area contributed by atoms with E-state index in [0.717, 1.165) is 24.0 Å². The van der Waals surface area contributed by atoms with Crippen LogP contribution < -0.4 is 10.9 Å². The van der Waals surface area contributed by atoms with Crippen molar-refractivity contribution in [1.82, 2.24) is 9.78 Å². The Kier molecular flexibility index (Phi) is 6.61. The number of hydrogen-bond acceptors (Lipinski definition) is 5. The van der Waals surface area contributed by atoms with E-state index in [1.54, 1.807) is 24.3 Å². The minimum Gasteiger partial charge on any atom is -0.451 e. The van der Waals surface area contributed by atoms with E-state index in [4.69, 9.17) is 4.74 Å². The van der Waals surface area contributed by atoms with Crippen molar-refractivity contribution in [2.45, 2.75) is 40.2 Å². The van der Waals surface area contributed by atoms with E-state index < -0.39 is 18.5 Å². The van der Waals surface area contributed by atoms with Gasteiger partial charge in [-0.3, -0.25) is 9.59 Å². The number of carbonyl (C=O) groups excluding carboxylic acids is 2. The van der Waals surface area contributed by atoms with Crippen molar-refractivity contribution in [1.29, 1.82) is 0 Å². The lowest BCUT2D eigenvalue weighted by Gasteiger charge is -2.12. The van der Waals surface area contributed by atoms with Crippen LogP contribution in [0.5, 0.6) is 0 Å². The molecule has 0 bridgehead atoms. The molecule has 1 heterocycles. The van der Waals surface area contributed by atoms with Crippen molar-refractivity contribution in [3.63, 3.8) is 0 Å². The first-order valence-electron chi connectivity index (χ1n) is 9.94. The summed E-state index contributed by atoms with van der Waals surface area (Å²) < 4.78 is 6.50. The molecular weight excluding hydrogens is 382 g/mol. The highest BCUT2D eigenvalue weighted by molar-refractivity contribution is 6.03. The minimum absolute atomic E-state index is 0.0286. The van der Waals surface area contributed by atoms with E-state index in [2.05, 4.69) is 10.4 Å². The molecule has 3 aromatic rings. The van der Waals surface area contributed by atoms with Gasteiger partial charge in [0.05, 0.1) is 5.39 Å². The van der Waals surface area contributed by atoms with E-state index in [1.807, 2.05) is 39.0 Å². The SMILES string of the molecule is CCCCn1nc(C(=O)OCC(=O)Nc2cc(C)ccc2C)c2ccccc2c1=O. The molecule has 0 spiro atoms. The smallest absolute Gasteiger partial charge is 0.359 e. The number of aryl methyl sites for hydroxylation is 3. The van der Waals surface area contributed by atoms with Crippen molar-refractivity contribution in [3.8, 4) is 0 Å². The molecule has 156 valence electrons. The monoisotopic (exact) mass is 407 g/mol. The van der Waals surface area contributed by atoms with Gasteiger partial charge >= 0.3 is 5.97 Å². The maximum absolute atomic E-state index is 12.7. The van der Waals surface area contributed by atoms with Crippen molar-refractivity contribution in [2.24, 2.45) is 0 Å². The summed E-state index contributed by atoms with van der Waals surface area (Å²) in [5, 5.41) is 7.79. The molecule has 30 heavy (non-hydrogen) atoms. The summed E-state index contributed by atoms with van der Waals surface area (Å²) in [7, 11) is 0. The second-order valence-electron chi connectivity index (χ2n) is 7.22. The highest BCUT2D eigenvalue weighted by atomic mass is 16.5. The number of hydrogen-bond donors (Lipinski definition) is 1. The first-order chi connectivity index (χ1) is 14.4. The number of amides is 1. The first-order valence-corrected chi connectivity index (χ1v) is 9.94. The molecule has 0 fully saturated rings. The number of unbranched alkanes of at least 4 members (excludes halogenated alkanes) is 1. The summed E-state index contributed by atoms with van der Waals surface area (Å²) in [6.45, 7) is 5.79. The topological polar surface area (TPSA) is 90.3 Å². The minimum atomic E-state index is -0.743. The summed E-state index contributed by atoms with van der Waals surface area (Å²) in [5.41, 5.74) is 2.38. The van der Waals surface area contributed by atoms with Crippen LogP contribution in [0.3, 0.4) is 0 Å². The van der Waals surface area contributed by atoms with Crippen molar-refractivity contribution >= 4 is 28.3 Å². The zero-order chi connectivity index (χ0) is 21.7. The number of carbonyl (C=O) groups is 2. The Morgan fingerprint density at radius 2 is 1.83 bits per heavy atom. The van der Waals surface area contributed by atoms with Gasteiger partial charge in [-0.05, 0) is 43.5 Å². The van der Waals surface area contributed by atoms with Crippen LogP contribution in [0.15, 0.2) is 47.3 Å². The maximum atomic E-state index is 12.7. The number of anilines is 1. The fourth-order valence-electron chi connectivity index (χ4n) is 3.10. The largest absolute Gasteiger partial charge is 0.451 e. The van der Waals surface area contributed by atoms with E-state index >= 15 is 0 Å². The van der Waals surface area contributed by atoms with Gasteiger partial charge in [-0.2, -0.15) is 5.10 Å². The Morgan fingerprint density at radius 1 is 1.10 bits per heavy atom. The molecule has 0 atom stereocenters. The zero-order valence-corrected chi connectivity index (χ0v) is 17.4. The Bertz CT molecular complexity index is 1150. The predicted octanol–water partition coefficient (Wildman–Crippen LogP) is 3.61. The molecule has 0 aliphatic rings. The molecule has 0 aliphatic carbocycles. The van der Waals surface area contributed by atoms with Crippen LogP contribution in [0.4, 0.5) is 5.69 Å². The second kappa shape index (κ2) is 9.35. The Labute approximate surface area is 174 Å². The quantitative estimate of drug-likeness (QED) is 0.604. The number of esters is 1. The number of aromatic nitrogens is 2. The number of ether oxygens (including phenoxy) is 1. The molecule has 0 unspecified atom stereocenters. The lowest BCUT2D eigenvalue weighted by atomic mass is 10.1. The Hall–Kier alpha value is -3.48. The molecule has 1 N–H and O–H groups in total. The molecule has 3 rings (SSSR count). The molecule has 7 heteroatoms. The summed E-state index contributed by atoms with van der Waals surface area (Å²) in [6.07, 6.45) is 1.65. The van der Waals surface area contributed by atoms with Crippen LogP contribution in [-0.4, -0.2) is 28.3 Å². The van der Waals surface area contributed by atoms with Crippen LogP contribution in [0, 0.1) is 13.8 Å². The standard InChI is InChI=1S/C23H25N3O4/c1-4-5-12-26-22(28)18-9-7-6-8-17(18)21(25-26)23(29)30-14-20(27)24-19-13-15(2)10-11-16(19)3/h6-11,13H,4-5,12,14H2,1-3H3,(H,24,27). The molecule has 7 nitrogen and oxygen atoms in total. The average Bonchev–Trinajstić information content (AvgIpc) is 2.74. The zero-order valence-electron chi connectivity index (χ0n) is 17.4. The summed E-state index contributed by atoms with van der Waals surface area (Å²) in [5.74, 6) is -1.19. The van der Waals surface area contributed by atoms with Gasteiger partial charge in [0.2, 0.25) is 0 Å². The van der Waals surface area contributed by atoms with Gasteiger partial charge in [-0.15, -0.1) is 0 Å². The highest BCUT2D eigenvalue weighted by Gasteiger charge is 2.19. The molecule has 0 radical (unpaired) electrons. The Balaban J connectivity index is 1.79. The van der Waals surface area contributed by atoms with E-state index in [1.165, 1.54) is 4.68 Å². The van der Waals surface area contributed by atoms with Gasteiger partial charge < -0.3 is 10.1 Å². The number of benzene rings is 2. The fourth-order valence-corrected chi connectivity index (χ4v) is 3.10. The van der Waals surface area contributed by atoms with Crippen LogP contribution in [0.2, 0.25) is 0 Å². The number of nitrogens with zero attached hydrogens (tertiary/aromatic N) is 2. The molecule has 0 saturated carbocycles. The van der Waals surface area contributed by atoms with Gasteiger partial charge in [0.15, 0.2) is 12.3 Å². The fraction of sp³-hybridized carbons (Fsp3) is 0.304. The van der Waals surface area contributed by atoms with Crippen LogP contribution in [0.1, 0.15) is 41.4 Å². The summed E-state index contributed by atoms with van der Waals surface area (Å²) in [4.78, 5) is 37.6. The van der Waals surface area contributed by atoms with Gasteiger partial charge in [-0.25, -0.2) is 9.48 Å². The summed E-state index contributed by atoms with van der Waals surface area (Å²) >= 11 is 0. The third-order valence-electron chi connectivity index (χ3n) is 4.79. The van der Waals surface area contributed by atoms with Crippen molar-refractivity contribution < 1.29 is 14.3 Å². The number of nitrogens with one attached hydrogen (secondary N) is 1. The Morgan fingerprint density at radius 3 is 2.57 bits per heavy atom. The van der Waals surface area contributed by atoms with Crippen LogP contribution in [0.25, 0.3) is 10.8 Å². The third kappa shape index (κ3) is 4.74. The lowest BCUT2D eigenvalue weighted by molar-refractivity contribution is -0.119. The lowest BCUT2D eigenvalue weighted by Crippen LogP contribution is -2.28. The molecule has 1 amide bonds. The normalized spacial score (nSPS) is 10.8. The summed E-state index contributed by atoms with van der Waals surface area (Å²) in [6, 6.07) is 12.5. The van der Waals surface area contributed by atoms with E-state index in [-0.39, 0.29) is 11.3 Å². The average molecular weight is 407 g/mol. The molecular formula is C23H25N3O4. The van der Waals surface area contributed by atoms with Gasteiger partial charge in [0, 0.05) is 17.6 Å². The first kappa shape index (κ1) is 21.2. The predicted molar refractivity (Wildman–Crippen MR) is 116 cm³/mol. The van der Waals surface area contributed by atoms with Gasteiger partial charge in [-0.1, -0.05) is 43.7 Å². The van der Waals surface area contributed by atoms with Crippen LogP contribution >= 0.6 is 0 Å². The highest BCUT2D eigenvalue weighted by Crippen LogP contribution is 2.17. The van der Waals surface area contributed by atoms with Crippen molar-refractivity contribution in [3.05, 3.63) is 69.6 Å². The van der Waals surface area contributed by atoms with Crippen LogP contribution in [-0.2, 0) is 16.1 Å². The molecule has 1 aromatic heterocycles. The van der Waals surface area contributed by atoms with Gasteiger partial charge in [0.1, 0.15) is 0 Å². The van der Waals surface area contributed by atoms with Crippen molar-refractivity contribution in [2.75, 3.05) is 11.9 Å². The molecule has 2 aromatic carbocycles. The molecule has 0 aliphatic heterocycles. The maximum Gasteiger partial charge on any atom is 0.359 e. The second-order valence-corrected chi connectivity index (χ2v) is 7.22. The van der Waals surface area contributed by atoms with Gasteiger partial charge in [0.25, 0.3) is 11.5 Å².